The monoisotopic (exact) mass is 441 g/mol. The molecule has 4 rings (SSSR count). The summed E-state index contributed by atoms with van der Waals surface area (Å²) in [4.78, 5) is 0. The van der Waals surface area contributed by atoms with Gasteiger partial charge in [-0.15, -0.1) is 0 Å². The van der Waals surface area contributed by atoms with Crippen LogP contribution in [0.2, 0.25) is 0 Å². The van der Waals surface area contributed by atoms with Gasteiger partial charge in [0.25, 0.3) is 0 Å². The largest absolute Gasteiger partial charge is 0.392 e. The van der Waals surface area contributed by atoms with E-state index >= 15 is 0 Å². The highest BCUT2D eigenvalue weighted by Crippen LogP contribution is 2.72. The molecule has 0 bridgehead atoms. The van der Waals surface area contributed by atoms with Crippen molar-refractivity contribution in [2.75, 3.05) is 0 Å². The Morgan fingerprint density at radius 2 is 1.56 bits per heavy atom. The molecular formula is C30H51NO. The van der Waals surface area contributed by atoms with Crippen molar-refractivity contribution >= 4 is 0 Å². The Hall–Kier alpha value is -0.600. The molecule has 3 N–H and O–H groups in total. The number of aliphatic hydroxyl groups is 1. The Kier molecular flexibility index (Phi) is 5.90. The van der Waals surface area contributed by atoms with E-state index in [-0.39, 0.29) is 22.5 Å². The van der Waals surface area contributed by atoms with Crippen LogP contribution in [-0.2, 0) is 0 Å². The summed E-state index contributed by atoms with van der Waals surface area (Å²) in [5, 5.41) is 10.9. The first-order chi connectivity index (χ1) is 14.7. The van der Waals surface area contributed by atoms with Gasteiger partial charge in [-0.1, -0.05) is 64.3 Å². The minimum absolute atomic E-state index is 0.0286. The number of allylic oxidation sites excluding steroid dienone is 3. The van der Waals surface area contributed by atoms with Gasteiger partial charge in [-0.2, -0.15) is 0 Å². The van der Waals surface area contributed by atoms with E-state index < -0.39 is 0 Å². The fraction of sp³-hybridized carbons (Fsp3) is 0.867. The van der Waals surface area contributed by atoms with Crippen molar-refractivity contribution in [1.29, 1.82) is 0 Å². The van der Waals surface area contributed by atoms with Gasteiger partial charge in [0.15, 0.2) is 0 Å². The number of nitrogens with two attached hydrogens (primary N) is 1. The molecule has 182 valence electrons. The predicted molar refractivity (Wildman–Crippen MR) is 136 cm³/mol. The van der Waals surface area contributed by atoms with Crippen LogP contribution in [0.25, 0.3) is 0 Å². The maximum Gasteiger partial charge on any atom is 0.0609 e. The molecule has 0 radical (unpaired) electrons. The fourth-order valence-electron chi connectivity index (χ4n) is 9.43. The summed E-state index contributed by atoms with van der Waals surface area (Å²) in [7, 11) is 0. The van der Waals surface area contributed by atoms with Crippen LogP contribution in [0.5, 0.6) is 0 Å². The fourth-order valence-corrected chi connectivity index (χ4v) is 9.43. The number of hydrogen-bond donors (Lipinski definition) is 2. The minimum Gasteiger partial charge on any atom is -0.392 e. The van der Waals surface area contributed by atoms with E-state index in [9.17, 15) is 5.11 Å². The molecule has 2 fully saturated rings. The summed E-state index contributed by atoms with van der Waals surface area (Å²) in [6, 6.07) is 0. The third-order valence-electron chi connectivity index (χ3n) is 12.1. The number of rotatable bonds is 4. The summed E-state index contributed by atoms with van der Waals surface area (Å²) >= 11 is 0. The van der Waals surface area contributed by atoms with E-state index in [2.05, 4.69) is 61.5 Å². The molecule has 4 aliphatic rings. The van der Waals surface area contributed by atoms with E-state index in [0.717, 1.165) is 37.5 Å². The molecule has 0 amide bonds. The molecular weight excluding hydrogens is 390 g/mol. The van der Waals surface area contributed by atoms with E-state index in [1.807, 2.05) is 0 Å². The molecule has 0 aromatic carbocycles. The minimum atomic E-state index is -0.309. The van der Waals surface area contributed by atoms with Gasteiger partial charge in [-0.25, -0.2) is 0 Å². The molecule has 0 aromatic heterocycles. The second-order valence-corrected chi connectivity index (χ2v) is 13.8. The van der Waals surface area contributed by atoms with Crippen molar-refractivity contribution < 1.29 is 5.11 Å². The van der Waals surface area contributed by atoms with Crippen LogP contribution in [0.3, 0.4) is 0 Å². The van der Waals surface area contributed by atoms with Crippen LogP contribution < -0.4 is 5.73 Å². The molecule has 0 saturated heterocycles. The Bertz CT molecular complexity index is 819. The highest BCUT2D eigenvalue weighted by atomic mass is 16.3. The summed E-state index contributed by atoms with van der Waals surface area (Å²) in [5.74, 6) is 1.62. The third kappa shape index (κ3) is 3.03. The van der Waals surface area contributed by atoms with E-state index in [0.29, 0.717) is 10.8 Å². The molecule has 0 heterocycles. The van der Waals surface area contributed by atoms with Gasteiger partial charge in [0, 0.05) is 16.4 Å². The van der Waals surface area contributed by atoms with Crippen LogP contribution >= 0.6 is 0 Å². The van der Waals surface area contributed by atoms with Crippen LogP contribution in [0.1, 0.15) is 120 Å². The van der Waals surface area contributed by atoms with Crippen LogP contribution in [0.4, 0.5) is 0 Å². The van der Waals surface area contributed by atoms with Crippen LogP contribution in [0, 0.1) is 33.5 Å². The van der Waals surface area contributed by atoms with Gasteiger partial charge >= 0.3 is 0 Å². The molecule has 32 heavy (non-hydrogen) atoms. The molecule has 2 saturated carbocycles. The number of aliphatic hydroxyl groups excluding tert-OH is 1. The van der Waals surface area contributed by atoms with Gasteiger partial charge in [-0.05, 0) is 101 Å². The summed E-state index contributed by atoms with van der Waals surface area (Å²) in [5.41, 5.74) is 12.5. The lowest BCUT2D eigenvalue weighted by Gasteiger charge is -2.66. The highest BCUT2D eigenvalue weighted by Gasteiger charge is 2.67. The maximum atomic E-state index is 10.9. The number of fused-ring (bicyclic) bond motifs is 4. The lowest BCUT2D eigenvalue weighted by molar-refractivity contribution is -0.114. The van der Waals surface area contributed by atoms with Gasteiger partial charge in [-0.3, -0.25) is 0 Å². The second kappa shape index (κ2) is 7.70. The molecule has 7 atom stereocenters. The Morgan fingerprint density at radius 1 is 0.969 bits per heavy atom. The summed E-state index contributed by atoms with van der Waals surface area (Å²) < 4.78 is 0. The third-order valence-corrected chi connectivity index (χ3v) is 12.1. The molecule has 0 aliphatic heterocycles. The maximum absolute atomic E-state index is 10.9. The topological polar surface area (TPSA) is 46.2 Å². The number of hydrogen-bond acceptors (Lipinski definition) is 2. The zero-order valence-corrected chi connectivity index (χ0v) is 22.4. The quantitative estimate of drug-likeness (QED) is 0.442. The van der Waals surface area contributed by atoms with Gasteiger partial charge in [0.05, 0.1) is 6.10 Å². The second-order valence-electron chi connectivity index (χ2n) is 13.8. The predicted octanol–water partition coefficient (Wildman–Crippen LogP) is 7.56. The first kappa shape index (κ1) is 24.5. The van der Waals surface area contributed by atoms with Crippen molar-refractivity contribution in [3.05, 3.63) is 22.8 Å². The van der Waals surface area contributed by atoms with Gasteiger partial charge < -0.3 is 10.8 Å². The smallest absolute Gasteiger partial charge is 0.0609 e. The molecule has 7 unspecified atom stereocenters. The zero-order valence-electron chi connectivity index (χ0n) is 22.4. The van der Waals surface area contributed by atoms with E-state index in [4.69, 9.17) is 5.73 Å². The van der Waals surface area contributed by atoms with Crippen molar-refractivity contribution in [1.82, 2.24) is 0 Å². The van der Waals surface area contributed by atoms with Gasteiger partial charge in [0.1, 0.15) is 0 Å². The summed E-state index contributed by atoms with van der Waals surface area (Å²) in [6.07, 6.45) is 14.1. The van der Waals surface area contributed by atoms with Crippen LogP contribution in [0.15, 0.2) is 22.8 Å². The SMILES string of the molecule is CC(C)=CCCC(C)C1CCC2(C)C3=C(CCC12C)C1(C)CCC(O)C(C)(C)C1(N)CC3. The van der Waals surface area contributed by atoms with Crippen molar-refractivity contribution in [3.8, 4) is 0 Å². The Balaban J connectivity index is 1.69. The zero-order chi connectivity index (χ0) is 23.7. The highest BCUT2D eigenvalue weighted by molar-refractivity contribution is 5.42. The molecule has 0 spiro atoms. The average molecular weight is 442 g/mol. The lowest BCUT2D eigenvalue weighted by atomic mass is 9.40. The van der Waals surface area contributed by atoms with Gasteiger partial charge in [0.2, 0.25) is 0 Å². The molecule has 4 aliphatic carbocycles. The summed E-state index contributed by atoms with van der Waals surface area (Å²) in [6.45, 7) is 19.2. The standard InChI is InChI=1S/C30H51NO/c1-20(2)10-9-11-21(3)22-12-16-28(7)23-14-19-30(31)26(4,5)25(32)15-18-29(30,8)24(23)13-17-27(22,28)6/h10,21-22,25,32H,9,11-19,31H2,1-8H3. The normalized spacial score (nSPS) is 46.2. The molecule has 2 heteroatoms. The Morgan fingerprint density at radius 3 is 2.22 bits per heavy atom. The van der Waals surface area contributed by atoms with Crippen molar-refractivity contribution in [3.63, 3.8) is 0 Å². The molecule has 0 aromatic rings. The lowest BCUT2D eigenvalue weighted by Crippen LogP contribution is -2.71. The first-order valence-electron chi connectivity index (χ1n) is 13.6. The van der Waals surface area contributed by atoms with Crippen molar-refractivity contribution in [2.24, 2.45) is 39.2 Å². The van der Waals surface area contributed by atoms with Crippen LogP contribution in [-0.4, -0.2) is 16.7 Å². The van der Waals surface area contributed by atoms with Crippen molar-refractivity contribution in [2.45, 2.75) is 131 Å². The van der Waals surface area contributed by atoms with E-state index in [1.165, 1.54) is 44.1 Å². The molecule has 2 nitrogen and oxygen atoms in total. The Labute approximate surface area is 198 Å². The average Bonchev–Trinajstić information content (AvgIpc) is 2.99. The first-order valence-corrected chi connectivity index (χ1v) is 13.6. The van der Waals surface area contributed by atoms with E-state index in [1.54, 1.807) is 11.1 Å².